The highest BCUT2D eigenvalue weighted by Crippen LogP contribution is 2.40. The summed E-state index contributed by atoms with van der Waals surface area (Å²) in [6.07, 6.45) is 1.81. The van der Waals surface area contributed by atoms with E-state index in [4.69, 9.17) is 0 Å². The van der Waals surface area contributed by atoms with Crippen LogP contribution in [0.4, 0.5) is 14.6 Å². The number of sulfonamides is 1. The van der Waals surface area contributed by atoms with Gasteiger partial charge in [-0.25, -0.2) is 27.2 Å². The van der Waals surface area contributed by atoms with Gasteiger partial charge in [-0.15, -0.1) is 10.2 Å². The standard InChI is InChI=1S/C24H23F2N9O2S2/c25-19(26)22-30-31-23(38-22)35-17-10-15(39(36,37)32-24(12-27)5-6-24)3-4-16(17)18-20(28-13-29-21(18)35)34-9-8-33-7-1-2-14(33)11-34/h3-4,10,13-14,19,32H,1-2,5-9,11H2/t14-/m0/s1. The van der Waals surface area contributed by atoms with Crippen molar-refractivity contribution in [2.45, 2.75) is 48.6 Å². The average Bonchev–Trinajstić information content (AvgIpc) is 3.28. The predicted molar refractivity (Wildman–Crippen MR) is 140 cm³/mol. The van der Waals surface area contributed by atoms with Crippen molar-refractivity contribution in [2.75, 3.05) is 31.1 Å². The van der Waals surface area contributed by atoms with Crippen molar-refractivity contribution in [1.82, 2.24) is 34.4 Å². The van der Waals surface area contributed by atoms with E-state index in [0.29, 0.717) is 46.6 Å². The number of benzene rings is 1. The van der Waals surface area contributed by atoms with Gasteiger partial charge in [-0.1, -0.05) is 17.4 Å². The monoisotopic (exact) mass is 571 g/mol. The molecule has 0 unspecified atom stereocenters. The van der Waals surface area contributed by atoms with Crippen LogP contribution in [0, 0.1) is 11.3 Å². The Morgan fingerprint density at radius 3 is 2.77 bits per heavy atom. The molecule has 3 fully saturated rings. The summed E-state index contributed by atoms with van der Waals surface area (Å²) in [4.78, 5) is 13.8. The Bertz CT molecular complexity index is 1760. The van der Waals surface area contributed by atoms with E-state index in [9.17, 15) is 22.5 Å². The minimum Gasteiger partial charge on any atom is -0.353 e. The van der Waals surface area contributed by atoms with E-state index in [-0.39, 0.29) is 10.0 Å². The zero-order valence-corrected chi connectivity index (χ0v) is 22.2. The molecule has 1 atom stereocenters. The molecular weight excluding hydrogens is 548 g/mol. The fourth-order valence-corrected chi connectivity index (χ4v) is 7.78. The van der Waals surface area contributed by atoms with Gasteiger partial charge in [-0.3, -0.25) is 9.47 Å². The van der Waals surface area contributed by atoms with Gasteiger partial charge < -0.3 is 4.90 Å². The van der Waals surface area contributed by atoms with E-state index in [1.807, 2.05) is 6.07 Å². The maximum Gasteiger partial charge on any atom is 0.291 e. The van der Waals surface area contributed by atoms with E-state index in [0.717, 1.165) is 43.9 Å². The Hall–Kier alpha value is -3.32. The number of aromatic nitrogens is 5. The van der Waals surface area contributed by atoms with Crippen molar-refractivity contribution in [2.24, 2.45) is 0 Å². The van der Waals surface area contributed by atoms with Crippen LogP contribution in [0.25, 0.3) is 27.1 Å². The van der Waals surface area contributed by atoms with Crippen LogP contribution in [-0.2, 0) is 10.0 Å². The van der Waals surface area contributed by atoms with E-state index in [1.54, 1.807) is 10.6 Å². The number of anilines is 1. The Labute approximate surface area is 226 Å². The number of nitriles is 1. The van der Waals surface area contributed by atoms with Crippen LogP contribution < -0.4 is 9.62 Å². The van der Waals surface area contributed by atoms with Crippen LogP contribution in [0.3, 0.4) is 0 Å². The van der Waals surface area contributed by atoms with Crippen molar-refractivity contribution < 1.29 is 17.2 Å². The molecule has 4 aromatic rings. The third kappa shape index (κ3) is 4.05. The molecule has 1 aromatic carbocycles. The maximum absolute atomic E-state index is 13.4. The minimum atomic E-state index is -4.03. The van der Waals surface area contributed by atoms with Crippen molar-refractivity contribution in [3.05, 3.63) is 29.5 Å². The lowest BCUT2D eigenvalue weighted by atomic mass is 10.1. The zero-order valence-electron chi connectivity index (χ0n) is 20.6. The summed E-state index contributed by atoms with van der Waals surface area (Å²) in [5, 5.41) is 18.1. The molecule has 0 amide bonds. The molecule has 11 nitrogen and oxygen atoms in total. The minimum absolute atomic E-state index is 0.0479. The third-order valence-electron chi connectivity index (χ3n) is 7.80. The van der Waals surface area contributed by atoms with Gasteiger partial charge in [0, 0.05) is 31.1 Å². The van der Waals surface area contributed by atoms with Gasteiger partial charge >= 0.3 is 0 Å². The Morgan fingerprint density at radius 1 is 1.18 bits per heavy atom. The fraction of sp³-hybridized carbons (Fsp3) is 0.458. The van der Waals surface area contributed by atoms with Crippen LogP contribution in [0.1, 0.15) is 37.1 Å². The smallest absolute Gasteiger partial charge is 0.291 e. The number of alkyl halides is 2. The predicted octanol–water partition coefficient (Wildman–Crippen LogP) is 2.98. The molecule has 202 valence electrons. The van der Waals surface area contributed by atoms with Crippen molar-refractivity contribution in [3.8, 4) is 11.2 Å². The highest BCUT2D eigenvalue weighted by molar-refractivity contribution is 7.89. The molecule has 0 radical (unpaired) electrons. The Balaban J connectivity index is 1.42. The Morgan fingerprint density at radius 2 is 2.03 bits per heavy atom. The van der Waals surface area contributed by atoms with E-state index in [1.165, 1.54) is 24.9 Å². The zero-order chi connectivity index (χ0) is 26.9. The summed E-state index contributed by atoms with van der Waals surface area (Å²) in [7, 11) is -4.03. The van der Waals surface area contributed by atoms with Crippen LogP contribution in [0.2, 0.25) is 0 Å². The van der Waals surface area contributed by atoms with Gasteiger partial charge in [0.1, 0.15) is 17.7 Å². The van der Waals surface area contributed by atoms with Gasteiger partial charge in [-0.2, -0.15) is 9.98 Å². The number of halogens is 2. The lowest BCUT2D eigenvalue weighted by Crippen LogP contribution is -2.50. The van der Waals surface area contributed by atoms with Gasteiger partial charge in [-0.05, 0) is 44.4 Å². The normalized spacial score (nSPS) is 21.1. The first-order chi connectivity index (χ1) is 18.8. The van der Waals surface area contributed by atoms with Gasteiger partial charge in [0.15, 0.2) is 10.7 Å². The molecule has 3 aromatic heterocycles. The number of rotatable bonds is 6. The second-order valence-corrected chi connectivity index (χ2v) is 12.9. The molecule has 2 aliphatic heterocycles. The molecule has 1 aliphatic carbocycles. The summed E-state index contributed by atoms with van der Waals surface area (Å²) in [6.45, 7) is 3.59. The molecule has 3 aliphatic rings. The third-order valence-corrected chi connectivity index (χ3v) is 10.2. The van der Waals surface area contributed by atoms with E-state index >= 15 is 0 Å². The lowest BCUT2D eigenvalue weighted by Gasteiger charge is -2.38. The fourth-order valence-electron chi connectivity index (χ4n) is 5.67. The number of hydrogen-bond acceptors (Lipinski definition) is 10. The number of hydrogen-bond donors (Lipinski definition) is 1. The lowest BCUT2D eigenvalue weighted by molar-refractivity contribution is 0.150. The first-order valence-corrected chi connectivity index (χ1v) is 14.9. The van der Waals surface area contributed by atoms with E-state index < -0.39 is 27.0 Å². The molecule has 1 saturated carbocycles. The van der Waals surface area contributed by atoms with Gasteiger partial charge in [0.2, 0.25) is 15.2 Å². The number of nitrogens with one attached hydrogen (secondary N) is 1. The molecule has 7 rings (SSSR count). The summed E-state index contributed by atoms with van der Waals surface area (Å²) in [5.41, 5.74) is -0.237. The molecule has 5 heterocycles. The summed E-state index contributed by atoms with van der Waals surface area (Å²) in [5.74, 6) is 0.712. The molecule has 2 saturated heterocycles. The molecule has 0 spiro atoms. The van der Waals surface area contributed by atoms with Crippen LogP contribution >= 0.6 is 11.3 Å². The van der Waals surface area contributed by atoms with Crippen LogP contribution in [0.15, 0.2) is 29.4 Å². The Kier molecular flexibility index (Phi) is 5.60. The molecule has 1 N–H and O–H groups in total. The van der Waals surface area contributed by atoms with E-state index in [2.05, 4.69) is 34.7 Å². The number of fused-ring (bicyclic) bond motifs is 4. The SMILES string of the molecule is N#CC1(NS(=O)(=O)c2ccc3c4c(N5CCN6CCC[C@H]6C5)ncnc4n(-c4nnc(C(F)F)s4)c3c2)CC1. The molecule has 0 bridgehead atoms. The molecule has 15 heteroatoms. The average molecular weight is 572 g/mol. The van der Waals surface area contributed by atoms with Crippen LogP contribution in [-0.4, -0.2) is 75.8 Å². The van der Waals surface area contributed by atoms with Crippen molar-refractivity contribution >= 4 is 49.1 Å². The topological polar surface area (TPSA) is 133 Å². The first kappa shape index (κ1) is 24.7. The highest BCUT2D eigenvalue weighted by Gasteiger charge is 2.47. The van der Waals surface area contributed by atoms with Crippen molar-refractivity contribution in [3.63, 3.8) is 0 Å². The quantitative estimate of drug-likeness (QED) is 0.371. The molecule has 39 heavy (non-hydrogen) atoms. The van der Waals surface area contributed by atoms with Crippen molar-refractivity contribution in [1.29, 1.82) is 5.26 Å². The molecular formula is C24H23F2N9O2S2. The summed E-state index contributed by atoms with van der Waals surface area (Å²) >= 11 is 0.721. The summed E-state index contributed by atoms with van der Waals surface area (Å²) < 4.78 is 57.4. The van der Waals surface area contributed by atoms with Crippen LogP contribution in [0.5, 0.6) is 0 Å². The second-order valence-electron chi connectivity index (χ2n) is 10.2. The maximum atomic E-state index is 13.4. The first-order valence-electron chi connectivity index (χ1n) is 12.6. The highest BCUT2D eigenvalue weighted by atomic mass is 32.2. The second kappa shape index (κ2) is 8.85. The summed E-state index contributed by atoms with van der Waals surface area (Å²) in [6, 6.07) is 7.11. The number of nitrogens with zero attached hydrogens (tertiary/aromatic N) is 8. The largest absolute Gasteiger partial charge is 0.353 e. The van der Waals surface area contributed by atoms with Gasteiger partial charge in [0.05, 0.1) is 21.9 Å². The number of piperazine rings is 1. The van der Waals surface area contributed by atoms with Gasteiger partial charge in [0.25, 0.3) is 6.43 Å².